The van der Waals surface area contributed by atoms with E-state index in [1.54, 1.807) is 0 Å². The first-order valence-corrected chi connectivity index (χ1v) is 6.27. The highest BCUT2D eigenvalue weighted by Gasteiger charge is 2.15. The van der Waals surface area contributed by atoms with E-state index < -0.39 is 11.8 Å². The molecule has 0 aliphatic heterocycles. The molecule has 0 bridgehead atoms. The SMILES string of the molecule is C=C(F)/C(=C\C(=C)C(C)CCC)C(=O)OC.CC. The maximum atomic E-state index is 13.0. The minimum atomic E-state index is -0.795. The first-order chi connectivity index (χ1) is 8.43. The summed E-state index contributed by atoms with van der Waals surface area (Å²) in [4.78, 5) is 11.2. The molecule has 0 amide bonds. The molecule has 18 heavy (non-hydrogen) atoms. The van der Waals surface area contributed by atoms with Gasteiger partial charge in [-0.25, -0.2) is 9.18 Å². The Bertz CT molecular complexity index is 316. The van der Waals surface area contributed by atoms with Crippen molar-refractivity contribution in [3.63, 3.8) is 0 Å². The average Bonchev–Trinajstić information content (AvgIpc) is 2.37. The van der Waals surface area contributed by atoms with E-state index in [-0.39, 0.29) is 11.5 Å². The van der Waals surface area contributed by atoms with Gasteiger partial charge in [-0.1, -0.05) is 52.8 Å². The Balaban J connectivity index is 0. The number of carbonyl (C=O) groups is 1. The van der Waals surface area contributed by atoms with E-state index in [0.29, 0.717) is 5.57 Å². The zero-order valence-electron chi connectivity index (χ0n) is 12.2. The molecule has 0 aliphatic carbocycles. The average molecular weight is 256 g/mol. The number of halogens is 1. The van der Waals surface area contributed by atoms with Crippen LogP contribution < -0.4 is 0 Å². The molecule has 3 heteroatoms. The van der Waals surface area contributed by atoms with Crippen LogP contribution >= 0.6 is 0 Å². The van der Waals surface area contributed by atoms with E-state index in [4.69, 9.17) is 0 Å². The number of hydrogen-bond acceptors (Lipinski definition) is 2. The van der Waals surface area contributed by atoms with E-state index in [1.807, 2.05) is 20.8 Å². The Labute approximate surface area is 110 Å². The van der Waals surface area contributed by atoms with Crippen LogP contribution in [0.1, 0.15) is 40.5 Å². The van der Waals surface area contributed by atoms with Gasteiger partial charge in [0.25, 0.3) is 0 Å². The smallest absolute Gasteiger partial charge is 0.340 e. The van der Waals surface area contributed by atoms with Gasteiger partial charge >= 0.3 is 5.97 Å². The van der Waals surface area contributed by atoms with Crippen molar-refractivity contribution in [3.05, 3.63) is 36.2 Å². The van der Waals surface area contributed by atoms with Gasteiger partial charge in [0.2, 0.25) is 0 Å². The summed E-state index contributed by atoms with van der Waals surface area (Å²) in [5.74, 6) is -1.31. The lowest BCUT2D eigenvalue weighted by molar-refractivity contribution is -0.135. The van der Waals surface area contributed by atoms with Gasteiger partial charge in [-0.2, -0.15) is 0 Å². The molecule has 0 fully saturated rings. The molecule has 1 unspecified atom stereocenters. The topological polar surface area (TPSA) is 26.3 Å². The molecule has 0 N–H and O–H groups in total. The van der Waals surface area contributed by atoms with Crippen molar-refractivity contribution in [2.75, 3.05) is 7.11 Å². The molecule has 0 spiro atoms. The molecule has 0 saturated heterocycles. The van der Waals surface area contributed by atoms with Gasteiger partial charge in [-0.05, 0) is 18.4 Å². The second-order valence-corrected chi connectivity index (χ2v) is 3.72. The van der Waals surface area contributed by atoms with Crippen molar-refractivity contribution in [2.45, 2.75) is 40.5 Å². The van der Waals surface area contributed by atoms with Crippen LogP contribution in [0.15, 0.2) is 36.2 Å². The van der Waals surface area contributed by atoms with Crippen molar-refractivity contribution in [3.8, 4) is 0 Å². The first-order valence-electron chi connectivity index (χ1n) is 6.27. The third-order valence-electron chi connectivity index (χ3n) is 2.38. The normalized spacial score (nSPS) is 12.0. The molecule has 2 nitrogen and oxygen atoms in total. The van der Waals surface area contributed by atoms with Gasteiger partial charge in [0.05, 0.1) is 12.7 Å². The van der Waals surface area contributed by atoms with E-state index in [1.165, 1.54) is 13.2 Å². The van der Waals surface area contributed by atoms with Crippen molar-refractivity contribution >= 4 is 5.97 Å². The Morgan fingerprint density at radius 2 is 1.89 bits per heavy atom. The van der Waals surface area contributed by atoms with Crippen LogP contribution in [-0.2, 0) is 9.53 Å². The Morgan fingerprint density at radius 1 is 1.39 bits per heavy atom. The Morgan fingerprint density at radius 3 is 2.22 bits per heavy atom. The fourth-order valence-electron chi connectivity index (χ4n) is 1.30. The van der Waals surface area contributed by atoms with Crippen molar-refractivity contribution in [1.82, 2.24) is 0 Å². The maximum absolute atomic E-state index is 13.0. The largest absolute Gasteiger partial charge is 0.465 e. The molecule has 0 aromatic rings. The van der Waals surface area contributed by atoms with Crippen molar-refractivity contribution < 1.29 is 13.9 Å². The molecule has 1 atom stereocenters. The third kappa shape index (κ3) is 7.05. The minimum Gasteiger partial charge on any atom is -0.465 e. The number of hydrogen-bond donors (Lipinski definition) is 0. The summed E-state index contributed by atoms with van der Waals surface area (Å²) in [6.45, 7) is 15.0. The third-order valence-corrected chi connectivity index (χ3v) is 2.38. The quantitative estimate of drug-likeness (QED) is 0.395. The number of methoxy groups -OCH3 is 1. The summed E-state index contributed by atoms with van der Waals surface area (Å²) in [6, 6.07) is 0. The summed E-state index contributed by atoms with van der Waals surface area (Å²) in [6.07, 6.45) is 3.37. The number of carbonyl (C=O) groups excluding carboxylic acids is 1. The maximum Gasteiger partial charge on any atom is 0.340 e. The van der Waals surface area contributed by atoms with Crippen LogP contribution in [0, 0.1) is 5.92 Å². The highest BCUT2D eigenvalue weighted by atomic mass is 19.1. The standard InChI is InChI=1S/C13H19FO2.C2H6/c1-6-7-9(2)10(3)8-12(11(4)14)13(15)16-5;1-2/h8-9H,3-4,6-7H2,1-2,5H3;1-2H3/b12-8+;. The lowest BCUT2D eigenvalue weighted by atomic mass is 9.95. The molecule has 0 aromatic heterocycles. The van der Waals surface area contributed by atoms with Crippen LogP contribution in [0.2, 0.25) is 0 Å². The highest BCUT2D eigenvalue weighted by molar-refractivity contribution is 5.92. The van der Waals surface area contributed by atoms with Gasteiger partial charge in [-0.3, -0.25) is 0 Å². The summed E-state index contributed by atoms with van der Waals surface area (Å²) >= 11 is 0. The summed E-state index contributed by atoms with van der Waals surface area (Å²) in [5.41, 5.74) is 0.552. The van der Waals surface area contributed by atoms with Crippen LogP contribution in [0.3, 0.4) is 0 Å². The molecule has 0 aliphatic rings. The fourth-order valence-corrected chi connectivity index (χ4v) is 1.30. The molecule has 0 radical (unpaired) electrons. The van der Waals surface area contributed by atoms with Crippen molar-refractivity contribution in [2.24, 2.45) is 5.92 Å². The monoisotopic (exact) mass is 256 g/mol. The second kappa shape index (κ2) is 10.8. The number of ether oxygens (including phenoxy) is 1. The van der Waals surface area contributed by atoms with Crippen molar-refractivity contribution in [1.29, 1.82) is 0 Å². The van der Waals surface area contributed by atoms with Gasteiger partial charge in [0.1, 0.15) is 5.83 Å². The first kappa shape index (κ1) is 19.0. The van der Waals surface area contributed by atoms with Gasteiger partial charge in [-0.15, -0.1) is 0 Å². The van der Waals surface area contributed by atoms with E-state index in [2.05, 4.69) is 24.8 Å². The molecular weight excluding hydrogens is 231 g/mol. The number of esters is 1. The van der Waals surface area contributed by atoms with Gasteiger partial charge in [0, 0.05) is 0 Å². The predicted octanol–water partition coefficient (Wildman–Crippen LogP) is 4.59. The van der Waals surface area contributed by atoms with E-state index >= 15 is 0 Å². The van der Waals surface area contributed by atoms with Gasteiger partial charge < -0.3 is 4.74 Å². The molecule has 0 saturated carbocycles. The lowest BCUT2D eigenvalue weighted by Crippen LogP contribution is -2.07. The minimum absolute atomic E-state index is 0.157. The highest BCUT2D eigenvalue weighted by Crippen LogP contribution is 2.20. The zero-order valence-corrected chi connectivity index (χ0v) is 12.2. The van der Waals surface area contributed by atoms with E-state index in [0.717, 1.165) is 12.8 Å². The zero-order chi connectivity index (χ0) is 14.7. The second-order valence-electron chi connectivity index (χ2n) is 3.72. The predicted molar refractivity (Wildman–Crippen MR) is 74.9 cm³/mol. The Hall–Kier alpha value is -1.38. The number of rotatable bonds is 6. The Kier molecular flexibility index (Phi) is 11.3. The summed E-state index contributed by atoms with van der Waals surface area (Å²) < 4.78 is 17.5. The van der Waals surface area contributed by atoms with Gasteiger partial charge in [0.15, 0.2) is 0 Å². The number of allylic oxidation sites excluding steroid dienone is 2. The molecule has 0 aromatic carbocycles. The summed E-state index contributed by atoms with van der Waals surface area (Å²) in [7, 11) is 1.21. The van der Waals surface area contributed by atoms with Crippen LogP contribution in [0.5, 0.6) is 0 Å². The molecular formula is C15H25FO2. The van der Waals surface area contributed by atoms with E-state index in [9.17, 15) is 9.18 Å². The fraction of sp³-hybridized carbons (Fsp3) is 0.533. The molecule has 104 valence electrons. The summed E-state index contributed by atoms with van der Waals surface area (Å²) in [5, 5.41) is 0. The molecule has 0 heterocycles. The lowest BCUT2D eigenvalue weighted by Gasteiger charge is -2.11. The van der Waals surface area contributed by atoms with Crippen LogP contribution in [-0.4, -0.2) is 13.1 Å². The molecule has 0 rings (SSSR count). The van der Waals surface area contributed by atoms with Crippen LogP contribution in [0.25, 0.3) is 0 Å². The van der Waals surface area contributed by atoms with Crippen LogP contribution in [0.4, 0.5) is 4.39 Å².